The average Bonchev–Trinajstić information content (AvgIpc) is 2.77. The zero-order chi connectivity index (χ0) is 13.0. The number of benzene rings is 1. The monoisotopic (exact) mass is 245 g/mol. The first kappa shape index (κ1) is 12.1. The molecule has 1 aromatic heterocycles. The molecule has 0 radical (unpaired) electrons. The van der Waals surface area contributed by atoms with Crippen LogP contribution in [0.15, 0.2) is 48.7 Å². The minimum Gasteiger partial charge on any atom is -0.478 e. The Morgan fingerprint density at radius 3 is 2.78 bits per heavy atom. The molecular weight excluding hydrogens is 233 g/mol. The lowest BCUT2D eigenvalue weighted by Crippen LogP contribution is -2.02. The van der Waals surface area contributed by atoms with Gasteiger partial charge in [-0.3, -0.25) is 0 Å². The molecule has 0 atom stereocenters. The zero-order valence-electron chi connectivity index (χ0n) is 9.58. The van der Waals surface area contributed by atoms with Gasteiger partial charge in [0.05, 0.1) is 6.54 Å². The van der Waals surface area contributed by atoms with Crippen molar-refractivity contribution in [1.29, 1.82) is 0 Å². The number of nitrogens with zero attached hydrogens (tertiary/aromatic N) is 1. The number of halogens is 1. The molecule has 0 unspecified atom stereocenters. The highest BCUT2D eigenvalue weighted by atomic mass is 19.1. The molecule has 1 heterocycles. The Labute approximate surface area is 104 Å². The summed E-state index contributed by atoms with van der Waals surface area (Å²) in [5, 5.41) is 8.58. The van der Waals surface area contributed by atoms with Crippen molar-refractivity contribution in [3.8, 4) is 0 Å². The highest BCUT2D eigenvalue weighted by Crippen LogP contribution is 2.12. The molecule has 0 amide bonds. The summed E-state index contributed by atoms with van der Waals surface area (Å²) in [5.74, 6) is -1.27. The van der Waals surface area contributed by atoms with E-state index in [-0.39, 0.29) is 5.82 Å². The molecule has 0 aliphatic rings. The van der Waals surface area contributed by atoms with E-state index in [1.54, 1.807) is 41.1 Å². The van der Waals surface area contributed by atoms with Crippen LogP contribution in [0.4, 0.5) is 4.39 Å². The van der Waals surface area contributed by atoms with Gasteiger partial charge in [0, 0.05) is 23.5 Å². The fourth-order valence-corrected chi connectivity index (χ4v) is 1.69. The van der Waals surface area contributed by atoms with E-state index in [0.717, 1.165) is 11.8 Å². The summed E-state index contributed by atoms with van der Waals surface area (Å²) in [6.45, 7) is 0.374. The molecule has 1 N–H and O–H groups in total. The molecule has 0 saturated carbocycles. The van der Waals surface area contributed by atoms with Crippen molar-refractivity contribution in [1.82, 2.24) is 4.57 Å². The van der Waals surface area contributed by atoms with E-state index in [4.69, 9.17) is 5.11 Å². The second-order valence-electron chi connectivity index (χ2n) is 3.82. The number of aromatic nitrogens is 1. The van der Waals surface area contributed by atoms with Gasteiger partial charge in [0.2, 0.25) is 0 Å². The Morgan fingerprint density at radius 2 is 2.06 bits per heavy atom. The third kappa shape index (κ3) is 2.85. The third-order valence-corrected chi connectivity index (χ3v) is 2.56. The molecule has 3 nitrogen and oxygen atoms in total. The first-order valence-corrected chi connectivity index (χ1v) is 5.46. The van der Waals surface area contributed by atoms with Crippen molar-refractivity contribution >= 4 is 12.0 Å². The largest absolute Gasteiger partial charge is 0.478 e. The van der Waals surface area contributed by atoms with Gasteiger partial charge in [-0.1, -0.05) is 18.2 Å². The van der Waals surface area contributed by atoms with Crippen molar-refractivity contribution in [2.75, 3.05) is 0 Å². The summed E-state index contributed by atoms with van der Waals surface area (Å²) in [4.78, 5) is 10.5. The number of carboxylic acid groups (broad SMARTS) is 1. The first-order valence-electron chi connectivity index (χ1n) is 5.46. The van der Waals surface area contributed by atoms with E-state index in [2.05, 4.69) is 0 Å². The maximum atomic E-state index is 13.5. The Kier molecular flexibility index (Phi) is 3.57. The lowest BCUT2D eigenvalue weighted by atomic mass is 10.2. The van der Waals surface area contributed by atoms with Gasteiger partial charge >= 0.3 is 5.97 Å². The Bertz CT molecular complexity index is 587. The predicted molar refractivity (Wildman–Crippen MR) is 66.6 cm³/mol. The Morgan fingerprint density at radius 1 is 1.28 bits per heavy atom. The summed E-state index contributed by atoms with van der Waals surface area (Å²) in [6.07, 6.45) is 4.34. The third-order valence-electron chi connectivity index (χ3n) is 2.56. The maximum absolute atomic E-state index is 13.5. The fraction of sp³-hybridized carbons (Fsp3) is 0.0714. The summed E-state index contributed by atoms with van der Waals surface area (Å²) in [5.41, 5.74) is 1.29. The van der Waals surface area contributed by atoms with Crippen molar-refractivity contribution in [3.05, 3.63) is 65.7 Å². The van der Waals surface area contributed by atoms with E-state index in [1.165, 1.54) is 12.1 Å². The first-order chi connectivity index (χ1) is 8.66. The quantitative estimate of drug-likeness (QED) is 0.841. The lowest BCUT2D eigenvalue weighted by molar-refractivity contribution is -0.131. The number of hydrogen-bond acceptors (Lipinski definition) is 1. The van der Waals surface area contributed by atoms with Gasteiger partial charge in [0.15, 0.2) is 0 Å². The summed E-state index contributed by atoms with van der Waals surface area (Å²) in [7, 11) is 0. The van der Waals surface area contributed by atoms with Crippen molar-refractivity contribution in [2.24, 2.45) is 0 Å². The molecule has 2 rings (SSSR count). The second kappa shape index (κ2) is 5.31. The summed E-state index contributed by atoms with van der Waals surface area (Å²) >= 11 is 0. The number of carboxylic acids is 1. The highest BCUT2D eigenvalue weighted by molar-refractivity contribution is 5.84. The van der Waals surface area contributed by atoms with Gasteiger partial charge in [-0.15, -0.1) is 0 Å². The normalized spacial score (nSPS) is 10.9. The smallest absolute Gasteiger partial charge is 0.328 e. The van der Waals surface area contributed by atoms with Crippen LogP contribution in [-0.2, 0) is 11.3 Å². The molecule has 2 aromatic rings. The molecule has 0 fully saturated rings. The van der Waals surface area contributed by atoms with Crippen LogP contribution in [0.25, 0.3) is 6.08 Å². The Balaban J connectivity index is 2.23. The van der Waals surface area contributed by atoms with E-state index in [9.17, 15) is 9.18 Å². The predicted octanol–water partition coefficient (Wildman–Crippen LogP) is 2.77. The number of aliphatic carboxylic acids is 1. The molecule has 0 bridgehead atoms. The van der Waals surface area contributed by atoms with Crippen LogP contribution in [0.2, 0.25) is 0 Å². The molecule has 0 saturated heterocycles. The SMILES string of the molecule is O=C(O)/C=C/c1cccn1Cc1ccccc1F. The standard InChI is InChI=1S/C14H12FNO2/c15-13-6-2-1-4-11(13)10-16-9-3-5-12(16)7-8-14(17)18/h1-9H,10H2,(H,17,18)/b8-7+. The second-order valence-corrected chi connectivity index (χ2v) is 3.82. The zero-order valence-corrected chi connectivity index (χ0v) is 9.58. The molecule has 92 valence electrons. The Hall–Kier alpha value is -2.36. The van der Waals surface area contributed by atoms with Gasteiger partial charge in [0.1, 0.15) is 5.82 Å². The molecule has 0 aliphatic heterocycles. The highest BCUT2D eigenvalue weighted by Gasteiger charge is 2.03. The van der Waals surface area contributed by atoms with Crippen LogP contribution >= 0.6 is 0 Å². The van der Waals surface area contributed by atoms with Crippen LogP contribution in [0.3, 0.4) is 0 Å². The van der Waals surface area contributed by atoms with Gasteiger partial charge < -0.3 is 9.67 Å². The number of hydrogen-bond donors (Lipinski definition) is 1. The topological polar surface area (TPSA) is 42.2 Å². The van der Waals surface area contributed by atoms with E-state index in [1.807, 2.05) is 0 Å². The molecular formula is C14H12FNO2. The fourth-order valence-electron chi connectivity index (χ4n) is 1.69. The lowest BCUT2D eigenvalue weighted by Gasteiger charge is -2.07. The van der Waals surface area contributed by atoms with Crippen molar-refractivity contribution < 1.29 is 14.3 Å². The van der Waals surface area contributed by atoms with Crippen LogP contribution < -0.4 is 0 Å². The van der Waals surface area contributed by atoms with Crippen LogP contribution in [-0.4, -0.2) is 15.6 Å². The molecule has 4 heteroatoms. The number of rotatable bonds is 4. The van der Waals surface area contributed by atoms with Gasteiger partial charge in [0.25, 0.3) is 0 Å². The van der Waals surface area contributed by atoms with Crippen LogP contribution in [0.5, 0.6) is 0 Å². The summed E-state index contributed by atoms with van der Waals surface area (Å²) in [6, 6.07) is 10.1. The average molecular weight is 245 g/mol. The maximum Gasteiger partial charge on any atom is 0.328 e. The van der Waals surface area contributed by atoms with E-state index in [0.29, 0.717) is 12.1 Å². The van der Waals surface area contributed by atoms with Gasteiger partial charge in [-0.25, -0.2) is 9.18 Å². The van der Waals surface area contributed by atoms with E-state index < -0.39 is 5.97 Å². The molecule has 0 spiro atoms. The van der Waals surface area contributed by atoms with E-state index >= 15 is 0 Å². The number of carbonyl (C=O) groups is 1. The van der Waals surface area contributed by atoms with Crippen LogP contribution in [0.1, 0.15) is 11.3 Å². The molecule has 1 aromatic carbocycles. The van der Waals surface area contributed by atoms with Gasteiger partial charge in [-0.2, -0.15) is 0 Å². The minimum atomic E-state index is -1.01. The van der Waals surface area contributed by atoms with Gasteiger partial charge in [-0.05, 0) is 24.3 Å². The summed E-state index contributed by atoms with van der Waals surface area (Å²) < 4.78 is 15.3. The van der Waals surface area contributed by atoms with Crippen LogP contribution in [0, 0.1) is 5.82 Å². The van der Waals surface area contributed by atoms with Crippen molar-refractivity contribution in [2.45, 2.75) is 6.54 Å². The molecule has 0 aliphatic carbocycles. The molecule has 18 heavy (non-hydrogen) atoms. The minimum absolute atomic E-state index is 0.264. The van der Waals surface area contributed by atoms with Crippen molar-refractivity contribution in [3.63, 3.8) is 0 Å².